The lowest BCUT2D eigenvalue weighted by Gasteiger charge is -2.20. The van der Waals surface area contributed by atoms with Gasteiger partial charge in [0.15, 0.2) is 0 Å². The van der Waals surface area contributed by atoms with Gasteiger partial charge in [-0.05, 0) is 36.2 Å². The zero-order chi connectivity index (χ0) is 17.6. The fourth-order valence-electron chi connectivity index (χ4n) is 2.69. The highest BCUT2D eigenvalue weighted by Crippen LogP contribution is 2.21. The van der Waals surface area contributed by atoms with Crippen LogP contribution in [0.4, 0.5) is 0 Å². The molecule has 1 aromatic carbocycles. The summed E-state index contributed by atoms with van der Waals surface area (Å²) in [5.41, 5.74) is 2.06. The molecule has 0 bridgehead atoms. The van der Waals surface area contributed by atoms with Crippen LogP contribution in [0.1, 0.15) is 34.5 Å². The van der Waals surface area contributed by atoms with Crippen molar-refractivity contribution in [3.8, 4) is 0 Å². The maximum atomic E-state index is 12.7. The summed E-state index contributed by atoms with van der Waals surface area (Å²) in [6.07, 6.45) is 5.03. The number of amides is 1. The van der Waals surface area contributed by atoms with Gasteiger partial charge < -0.3 is 9.88 Å². The van der Waals surface area contributed by atoms with Gasteiger partial charge >= 0.3 is 0 Å². The third kappa shape index (κ3) is 3.83. The lowest BCUT2D eigenvalue weighted by molar-refractivity contribution is 0.0942. The highest BCUT2D eigenvalue weighted by molar-refractivity contribution is 5.94. The third-order valence-corrected chi connectivity index (χ3v) is 4.05. The number of aromatic nitrogens is 2. The number of hydrogen-bond donors (Lipinski definition) is 1. The van der Waals surface area contributed by atoms with Crippen molar-refractivity contribution in [2.75, 3.05) is 0 Å². The van der Waals surface area contributed by atoms with Crippen molar-refractivity contribution < 1.29 is 4.79 Å². The molecule has 1 N–H and O–H groups in total. The lowest BCUT2D eigenvalue weighted by Crippen LogP contribution is -2.31. The number of pyridine rings is 2. The summed E-state index contributed by atoms with van der Waals surface area (Å²) < 4.78 is 1.55. The summed E-state index contributed by atoms with van der Waals surface area (Å²) in [6.45, 7) is 2.46. The summed E-state index contributed by atoms with van der Waals surface area (Å²) in [6, 6.07) is 16.2. The largest absolute Gasteiger partial charge is 0.341 e. The molecule has 2 heterocycles. The Hall–Kier alpha value is -3.21. The second kappa shape index (κ2) is 7.57. The predicted molar refractivity (Wildman–Crippen MR) is 96.4 cm³/mol. The van der Waals surface area contributed by atoms with E-state index in [-0.39, 0.29) is 17.5 Å². The molecule has 3 rings (SSSR count). The van der Waals surface area contributed by atoms with Crippen LogP contribution in [0, 0.1) is 0 Å². The summed E-state index contributed by atoms with van der Waals surface area (Å²) in [4.78, 5) is 28.7. The van der Waals surface area contributed by atoms with Crippen LogP contribution in [0.2, 0.25) is 0 Å². The molecule has 0 radical (unpaired) electrons. The van der Waals surface area contributed by atoms with E-state index in [9.17, 15) is 9.59 Å². The van der Waals surface area contributed by atoms with Gasteiger partial charge in [-0.15, -0.1) is 0 Å². The second-order valence-electron chi connectivity index (χ2n) is 5.64. The quantitative estimate of drug-likeness (QED) is 0.781. The molecule has 0 fully saturated rings. The highest BCUT2D eigenvalue weighted by Gasteiger charge is 2.18. The third-order valence-electron chi connectivity index (χ3n) is 4.05. The molecule has 2 aromatic heterocycles. The first-order valence-corrected chi connectivity index (χ1v) is 8.15. The first-order valence-electron chi connectivity index (χ1n) is 8.15. The van der Waals surface area contributed by atoms with E-state index in [0.29, 0.717) is 12.1 Å². The Bertz CT molecular complexity index is 865. The molecule has 0 saturated heterocycles. The zero-order valence-corrected chi connectivity index (χ0v) is 13.9. The molecule has 0 aliphatic rings. The van der Waals surface area contributed by atoms with Crippen LogP contribution < -0.4 is 10.9 Å². The van der Waals surface area contributed by atoms with Gasteiger partial charge in [-0.3, -0.25) is 14.6 Å². The smallest absolute Gasteiger partial charge is 0.252 e. The molecular weight excluding hydrogens is 314 g/mol. The van der Waals surface area contributed by atoms with Crippen molar-refractivity contribution in [1.29, 1.82) is 0 Å². The molecule has 0 saturated carbocycles. The van der Waals surface area contributed by atoms with E-state index in [2.05, 4.69) is 10.3 Å². The number of rotatable bonds is 5. The second-order valence-corrected chi connectivity index (χ2v) is 5.64. The molecule has 1 atom stereocenters. The average Bonchev–Trinajstić information content (AvgIpc) is 2.67. The molecule has 5 nitrogen and oxygen atoms in total. The Morgan fingerprint density at radius 1 is 1.08 bits per heavy atom. The molecule has 0 aliphatic carbocycles. The number of nitrogens with one attached hydrogen (secondary N) is 1. The van der Waals surface area contributed by atoms with E-state index in [4.69, 9.17) is 0 Å². The van der Waals surface area contributed by atoms with Gasteiger partial charge in [-0.1, -0.05) is 30.3 Å². The minimum absolute atomic E-state index is 0.185. The van der Waals surface area contributed by atoms with Gasteiger partial charge in [0.25, 0.3) is 11.5 Å². The molecule has 0 spiro atoms. The molecule has 25 heavy (non-hydrogen) atoms. The highest BCUT2D eigenvalue weighted by atomic mass is 16.2. The number of benzene rings is 1. The van der Waals surface area contributed by atoms with Gasteiger partial charge in [0.05, 0.1) is 6.04 Å². The summed E-state index contributed by atoms with van der Waals surface area (Å²) >= 11 is 0. The number of nitrogens with zero attached hydrogens (tertiary/aromatic N) is 2. The first kappa shape index (κ1) is 16.6. The minimum atomic E-state index is -0.315. The van der Waals surface area contributed by atoms with Gasteiger partial charge in [-0.2, -0.15) is 0 Å². The number of carbonyl (C=O) groups is 1. The summed E-state index contributed by atoms with van der Waals surface area (Å²) in [7, 11) is 0. The number of carbonyl (C=O) groups excluding carboxylic acids is 1. The summed E-state index contributed by atoms with van der Waals surface area (Å²) in [5, 5.41) is 3.02. The summed E-state index contributed by atoms with van der Waals surface area (Å²) in [5.74, 6) is -0.286. The van der Waals surface area contributed by atoms with Crippen molar-refractivity contribution in [2.24, 2.45) is 0 Å². The predicted octanol–water partition coefficient (Wildman–Crippen LogP) is 2.78. The molecule has 1 unspecified atom stereocenters. The van der Waals surface area contributed by atoms with Crippen molar-refractivity contribution in [3.63, 3.8) is 0 Å². The molecule has 1 amide bonds. The molecular formula is C20H19N3O2. The molecule has 5 heteroatoms. The van der Waals surface area contributed by atoms with Gasteiger partial charge in [-0.25, -0.2) is 0 Å². The normalized spacial score (nSPS) is 11.7. The topological polar surface area (TPSA) is 64.0 Å². The Morgan fingerprint density at radius 2 is 1.76 bits per heavy atom. The fraction of sp³-hybridized carbons (Fsp3) is 0.150. The Kier molecular flexibility index (Phi) is 5.04. The fourth-order valence-corrected chi connectivity index (χ4v) is 2.69. The van der Waals surface area contributed by atoms with Crippen LogP contribution in [-0.2, 0) is 6.54 Å². The molecule has 126 valence electrons. The lowest BCUT2D eigenvalue weighted by atomic mass is 9.99. The van der Waals surface area contributed by atoms with Crippen LogP contribution in [0.3, 0.4) is 0 Å². The number of hydrogen-bond acceptors (Lipinski definition) is 3. The monoisotopic (exact) mass is 333 g/mol. The average molecular weight is 333 g/mol. The van der Waals surface area contributed by atoms with Crippen LogP contribution in [0.5, 0.6) is 0 Å². The van der Waals surface area contributed by atoms with Crippen LogP contribution in [-0.4, -0.2) is 15.5 Å². The van der Waals surface area contributed by atoms with Crippen molar-refractivity contribution in [3.05, 3.63) is 100 Å². The SMILES string of the molecule is CCn1ccc(C(=O)NC(c2ccccc2)c2ccncc2)cc1=O. The van der Waals surface area contributed by atoms with Gasteiger partial charge in [0.1, 0.15) is 0 Å². The van der Waals surface area contributed by atoms with Crippen molar-refractivity contribution >= 4 is 5.91 Å². The first-order chi connectivity index (χ1) is 12.2. The Labute approximate surface area is 146 Å². The van der Waals surface area contributed by atoms with E-state index in [0.717, 1.165) is 11.1 Å². The minimum Gasteiger partial charge on any atom is -0.341 e. The standard InChI is InChI=1S/C20H19N3O2/c1-2-23-13-10-17(14-18(23)24)20(25)22-19(15-6-4-3-5-7-15)16-8-11-21-12-9-16/h3-14,19H,2H2,1H3,(H,22,25). The van der Waals surface area contributed by atoms with Crippen LogP contribution in [0.15, 0.2) is 78.0 Å². The van der Waals surface area contributed by atoms with Crippen LogP contribution >= 0.6 is 0 Å². The van der Waals surface area contributed by atoms with E-state index >= 15 is 0 Å². The Morgan fingerprint density at radius 3 is 2.40 bits per heavy atom. The van der Waals surface area contributed by atoms with Crippen LogP contribution in [0.25, 0.3) is 0 Å². The maximum absolute atomic E-state index is 12.7. The molecule has 0 aliphatic heterocycles. The number of aryl methyl sites for hydroxylation is 1. The van der Waals surface area contributed by atoms with E-state index in [1.54, 1.807) is 29.2 Å². The molecule has 3 aromatic rings. The Balaban J connectivity index is 1.92. The van der Waals surface area contributed by atoms with Crippen molar-refractivity contribution in [1.82, 2.24) is 14.9 Å². The van der Waals surface area contributed by atoms with E-state index in [1.807, 2.05) is 49.4 Å². The van der Waals surface area contributed by atoms with E-state index in [1.165, 1.54) is 6.07 Å². The van der Waals surface area contributed by atoms with Crippen molar-refractivity contribution in [2.45, 2.75) is 19.5 Å². The van der Waals surface area contributed by atoms with E-state index < -0.39 is 0 Å². The zero-order valence-electron chi connectivity index (χ0n) is 13.9. The van der Waals surface area contributed by atoms with Gasteiger partial charge in [0, 0.05) is 36.8 Å². The maximum Gasteiger partial charge on any atom is 0.252 e. The van der Waals surface area contributed by atoms with Gasteiger partial charge in [0.2, 0.25) is 0 Å².